The average molecular weight is 181 g/mol. The predicted molar refractivity (Wildman–Crippen MR) is 55.8 cm³/mol. The van der Waals surface area contributed by atoms with Crippen LogP contribution in [0.15, 0.2) is 48.8 Å². The molecule has 0 unspecified atom stereocenters. The lowest BCUT2D eigenvalue weighted by molar-refractivity contribution is -0.343. The minimum atomic E-state index is 1.03. The molecule has 0 amide bonds. The van der Waals surface area contributed by atoms with Crippen LogP contribution in [0, 0.1) is 0 Å². The highest BCUT2D eigenvalue weighted by Crippen LogP contribution is 2.19. The lowest BCUT2D eigenvalue weighted by Crippen LogP contribution is -2.01. The van der Waals surface area contributed by atoms with Gasteiger partial charge in [-0.3, -0.25) is 4.98 Å². The van der Waals surface area contributed by atoms with Crippen molar-refractivity contribution in [3.8, 4) is 0 Å². The first-order valence-corrected chi connectivity index (χ1v) is 4.59. The SMILES string of the molecule is c1c[nH+]c2c(c1)ccc1ncccc12. The summed E-state index contributed by atoms with van der Waals surface area (Å²) in [5.41, 5.74) is 2.18. The standard InChI is InChI=1S/C12H8N2/c1-3-9-5-6-11-10(4-2-7-13-11)12(9)14-8-1/h1-8H/p+1. The summed E-state index contributed by atoms with van der Waals surface area (Å²) in [6.45, 7) is 0. The van der Waals surface area contributed by atoms with E-state index in [0.717, 1.165) is 11.0 Å². The number of aromatic nitrogens is 2. The quantitative estimate of drug-likeness (QED) is 0.488. The molecular weight excluding hydrogens is 172 g/mol. The fourth-order valence-corrected chi connectivity index (χ4v) is 1.75. The van der Waals surface area contributed by atoms with Crippen LogP contribution in [-0.2, 0) is 0 Å². The van der Waals surface area contributed by atoms with Crippen molar-refractivity contribution in [2.24, 2.45) is 0 Å². The van der Waals surface area contributed by atoms with E-state index in [1.165, 1.54) is 10.8 Å². The molecule has 1 aromatic carbocycles. The Morgan fingerprint density at radius 2 is 2.00 bits per heavy atom. The molecule has 0 spiro atoms. The molecule has 3 rings (SSSR count). The molecule has 66 valence electrons. The van der Waals surface area contributed by atoms with Crippen molar-refractivity contribution in [2.75, 3.05) is 0 Å². The molecule has 0 fully saturated rings. The number of nitrogens with one attached hydrogen (secondary N) is 1. The van der Waals surface area contributed by atoms with E-state index in [-0.39, 0.29) is 0 Å². The molecule has 2 heterocycles. The summed E-state index contributed by atoms with van der Waals surface area (Å²) >= 11 is 0. The molecule has 0 saturated carbocycles. The van der Waals surface area contributed by atoms with Gasteiger partial charge in [0.05, 0.1) is 10.9 Å². The molecule has 2 aromatic heterocycles. The van der Waals surface area contributed by atoms with E-state index >= 15 is 0 Å². The third kappa shape index (κ3) is 0.973. The maximum Gasteiger partial charge on any atom is 0.220 e. The van der Waals surface area contributed by atoms with Gasteiger partial charge in [0.25, 0.3) is 0 Å². The summed E-state index contributed by atoms with van der Waals surface area (Å²) in [6.07, 6.45) is 3.76. The van der Waals surface area contributed by atoms with Crippen LogP contribution < -0.4 is 4.98 Å². The number of rotatable bonds is 0. The fraction of sp³-hybridized carbons (Fsp3) is 0. The van der Waals surface area contributed by atoms with Crippen molar-refractivity contribution in [1.82, 2.24) is 4.98 Å². The summed E-state index contributed by atoms with van der Waals surface area (Å²) in [5.74, 6) is 0. The van der Waals surface area contributed by atoms with Gasteiger partial charge in [0, 0.05) is 17.6 Å². The number of hydrogen-bond donors (Lipinski definition) is 0. The maximum atomic E-state index is 4.31. The molecular formula is C12H9N2+. The summed E-state index contributed by atoms with van der Waals surface area (Å²) in [4.78, 5) is 7.57. The number of fused-ring (bicyclic) bond motifs is 3. The Labute approximate surface area is 81.2 Å². The summed E-state index contributed by atoms with van der Waals surface area (Å²) in [7, 11) is 0. The summed E-state index contributed by atoms with van der Waals surface area (Å²) < 4.78 is 0. The van der Waals surface area contributed by atoms with E-state index in [2.05, 4.69) is 28.2 Å². The van der Waals surface area contributed by atoms with Crippen LogP contribution in [0.4, 0.5) is 0 Å². The van der Waals surface area contributed by atoms with E-state index in [0.29, 0.717) is 0 Å². The minimum absolute atomic E-state index is 1.03. The van der Waals surface area contributed by atoms with Crippen LogP contribution in [0.3, 0.4) is 0 Å². The van der Waals surface area contributed by atoms with Gasteiger partial charge >= 0.3 is 0 Å². The van der Waals surface area contributed by atoms with Crippen molar-refractivity contribution in [3.05, 3.63) is 48.8 Å². The largest absolute Gasteiger partial charge is 0.256 e. The molecule has 0 aliphatic carbocycles. The van der Waals surface area contributed by atoms with Crippen molar-refractivity contribution in [2.45, 2.75) is 0 Å². The highest BCUT2D eigenvalue weighted by atomic mass is 14.7. The van der Waals surface area contributed by atoms with Crippen molar-refractivity contribution < 1.29 is 4.98 Å². The third-order valence-electron chi connectivity index (χ3n) is 2.42. The van der Waals surface area contributed by atoms with Gasteiger partial charge in [0.1, 0.15) is 0 Å². The smallest absolute Gasteiger partial charge is 0.220 e. The van der Waals surface area contributed by atoms with Gasteiger partial charge in [0.2, 0.25) is 5.52 Å². The van der Waals surface area contributed by atoms with Gasteiger partial charge in [-0.25, -0.2) is 4.98 Å². The molecule has 0 aliphatic heterocycles. The molecule has 1 N–H and O–H groups in total. The predicted octanol–water partition coefficient (Wildman–Crippen LogP) is 2.20. The number of pyridine rings is 2. The molecule has 0 radical (unpaired) electrons. The van der Waals surface area contributed by atoms with Gasteiger partial charge in [-0.15, -0.1) is 0 Å². The third-order valence-corrected chi connectivity index (χ3v) is 2.42. The Balaban J connectivity index is 2.61. The summed E-state index contributed by atoms with van der Waals surface area (Å²) in [5, 5.41) is 2.39. The van der Waals surface area contributed by atoms with E-state index in [1.54, 1.807) is 0 Å². The first-order chi connectivity index (χ1) is 6.95. The van der Waals surface area contributed by atoms with Crippen molar-refractivity contribution >= 4 is 21.8 Å². The van der Waals surface area contributed by atoms with Crippen LogP contribution >= 0.6 is 0 Å². The first-order valence-electron chi connectivity index (χ1n) is 4.59. The molecule has 3 aromatic rings. The highest BCUT2D eigenvalue weighted by Gasteiger charge is 2.04. The second kappa shape index (κ2) is 2.77. The van der Waals surface area contributed by atoms with E-state index < -0.39 is 0 Å². The lowest BCUT2D eigenvalue weighted by atomic mass is 10.1. The Bertz CT molecular complexity index is 547. The normalized spacial score (nSPS) is 10.9. The number of aromatic amines is 1. The Hall–Kier alpha value is -1.96. The van der Waals surface area contributed by atoms with Crippen molar-refractivity contribution in [1.29, 1.82) is 0 Å². The van der Waals surface area contributed by atoms with Gasteiger partial charge in [-0.1, -0.05) is 0 Å². The maximum absolute atomic E-state index is 4.31. The van der Waals surface area contributed by atoms with Gasteiger partial charge in [0.15, 0.2) is 6.20 Å². The molecule has 0 atom stereocenters. The number of nitrogens with zero attached hydrogens (tertiary/aromatic N) is 1. The second-order valence-electron chi connectivity index (χ2n) is 3.27. The Morgan fingerprint density at radius 1 is 1.00 bits per heavy atom. The molecule has 0 aliphatic rings. The first kappa shape index (κ1) is 7.44. The lowest BCUT2D eigenvalue weighted by Gasteiger charge is -1.96. The van der Waals surface area contributed by atoms with Crippen LogP contribution in [0.2, 0.25) is 0 Å². The monoisotopic (exact) mass is 181 g/mol. The van der Waals surface area contributed by atoms with Crippen LogP contribution in [0.25, 0.3) is 21.8 Å². The van der Waals surface area contributed by atoms with E-state index in [1.807, 2.05) is 30.6 Å². The van der Waals surface area contributed by atoms with Crippen LogP contribution in [0.5, 0.6) is 0 Å². The number of benzene rings is 1. The molecule has 2 heteroatoms. The average Bonchev–Trinajstić information content (AvgIpc) is 2.29. The summed E-state index contributed by atoms with van der Waals surface area (Å²) in [6, 6.07) is 12.3. The zero-order valence-corrected chi connectivity index (χ0v) is 7.57. The number of H-pyrrole nitrogens is 1. The topological polar surface area (TPSA) is 27.0 Å². The van der Waals surface area contributed by atoms with Crippen LogP contribution in [-0.4, -0.2) is 4.98 Å². The van der Waals surface area contributed by atoms with Crippen LogP contribution in [0.1, 0.15) is 0 Å². The molecule has 0 bridgehead atoms. The van der Waals surface area contributed by atoms with Gasteiger partial charge in [-0.2, -0.15) is 0 Å². The minimum Gasteiger partial charge on any atom is -0.256 e. The van der Waals surface area contributed by atoms with Gasteiger partial charge in [-0.05, 0) is 30.3 Å². The van der Waals surface area contributed by atoms with E-state index in [4.69, 9.17) is 0 Å². The molecule has 14 heavy (non-hydrogen) atoms. The zero-order valence-electron chi connectivity index (χ0n) is 7.57. The zero-order chi connectivity index (χ0) is 9.38. The molecule has 0 saturated heterocycles. The van der Waals surface area contributed by atoms with E-state index in [9.17, 15) is 0 Å². The second-order valence-corrected chi connectivity index (χ2v) is 3.27. The number of hydrogen-bond acceptors (Lipinski definition) is 1. The Morgan fingerprint density at radius 3 is 3.00 bits per heavy atom. The fourth-order valence-electron chi connectivity index (χ4n) is 1.75. The van der Waals surface area contributed by atoms with Gasteiger partial charge < -0.3 is 0 Å². The highest BCUT2D eigenvalue weighted by molar-refractivity contribution is 6.01. The Kier molecular flexibility index (Phi) is 1.47. The van der Waals surface area contributed by atoms with Crippen molar-refractivity contribution in [3.63, 3.8) is 0 Å². The molecule has 2 nitrogen and oxygen atoms in total.